The lowest BCUT2D eigenvalue weighted by Crippen LogP contribution is -2.41. The number of carbonyl (C=O) groups excluding carboxylic acids is 1. The zero-order chi connectivity index (χ0) is 13.9. The minimum Gasteiger partial charge on any atom is -0.353 e. The number of nitrogens with one attached hydrogen (secondary N) is 2. The van der Waals surface area contributed by atoms with Crippen molar-refractivity contribution in [2.75, 3.05) is 0 Å². The largest absolute Gasteiger partial charge is 0.353 e. The molecule has 2 bridgehead atoms. The van der Waals surface area contributed by atoms with Gasteiger partial charge < -0.3 is 10.6 Å². The van der Waals surface area contributed by atoms with Gasteiger partial charge in [-0.05, 0) is 50.0 Å². The Morgan fingerprint density at radius 1 is 1.45 bits per heavy atom. The highest BCUT2D eigenvalue weighted by Crippen LogP contribution is 2.32. The quantitative estimate of drug-likeness (QED) is 0.876. The fourth-order valence-electron chi connectivity index (χ4n) is 3.72. The third kappa shape index (κ3) is 3.61. The Morgan fingerprint density at radius 3 is 2.85 bits per heavy atom. The molecule has 1 aromatic heterocycles. The molecule has 110 valence electrons. The molecule has 0 spiro atoms. The summed E-state index contributed by atoms with van der Waals surface area (Å²) in [5, 5.41) is 8.89. The molecule has 0 aromatic carbocycles. The second-order valence-corrected chi connectivity index (χ2v) is 7.46. The Balaban J connectivity index is 1.42. The highest BCUT2D eigenvalue weighted by molar-refractivity contribution is 7.09. The Hall–Kier alpha value is -0.870. The van der Waals surface area contributed by atoms with E-state index in [-0.39, 0.29) is 11.9 Å². The van der Waals surface area contributed by atoms with Crippen LogP contribution in [0.2, 0.25) is 0 Å². The summed E-state index contributed by atoms with van der Waals surface area (Å²) < 4.78 is 0. The molecule has 4 heteroatoms. The summed E-state index contributed by atoms with van der Waals surface area (Å²) in [7, 11) is 0. The molecule has 1 aromatic rings. The number of fused-ring (bicyclic) bond motifs is 2. The van der Waals surface area contributed by atoms with Gasteiger partial charge in [-0.2, -0.15) is 0 Å². The van der Waals surface area contributed by atoms with Gasteiger partial charge in [-0.1, -0.05) is 6.07 Å². The van der Waals surface area contributed by atoms with Crippen LogP contribution in [0, 0.1) is 5.92 Å². The van der Waals surface area contributed by atoms with Crippen molar-refractivity contribution in [3.63, 3.8) is 0 Å². The molecule has 3 rings (SSSR count). The Morgan fingerprint density at radius 2 is 2.20 bits per heavy atom. The zero-order valence-corrected chi connectivity index (χ0v) is 12.9. The van der Waals surface area contributed by atoms with Crippen molar-refractivity contribution in [3.05, 3.63) is 22.4 Å². The van der Waals surface area contributed by atoms with Gasteiger partial charge in [0.15, 0.2) is 0 Å². The van der Waals surface area contributed by atoms with Crippen LogP contribution in [0.25, 0.3) is 0 Å². The molecule has 1 amide bonds. The standard InChI is InChI=1S/C16H24N2OS/c1-11(7-15-3-2-6-20-15)17-16(19)10-12-8-13-4-5-14(9-12)18-13/h2-3,6,11-14,18H,4-5,7-10H2,1H3,(H,17,19). The molecule has 0 saturated carbocycles. The van der Waals surface area contributed by atoms with Gasteiger partial charge in [-0.15, -0.1) is 11.3 Å². The second-order valence-electron chi connectivity index (χ2n) is 6.43. The van der Waals surface area contributed by atoms with E-state index >= 15 is 0 Å². The van der Waals surface area contributed by atoms with Crippen LogP contribution in [0.15, 0.2) is 17.5 Å². The minimum absolute atomic E-state index is 0.236. The lowest BCUT2D eigenvalue weighted by molar-refractivity contribution is -0.122. The first kappa shape index (κ1) is 14.1. The monoisotopic (exact) mass is 292 g/mol. The summed E-state index contributed by atoms with van der Waals surface area (Å²) in [6.07, 6.45) is 6.63. The summed E-state index contributed by atoms with van der Waals surface area (Å²) >= 11 is 1.76. The van der Waals surface area contributed by atoms with E-state index in [2.05, 4.69) is 35.1 Å². The number of piperidine rings is 1. The molecule has 2 fully saturated rings. The molecule has 3 unspecified atom stereocenters. The van der Waals surface area contributed by atoms with Crippen molar-refractivity contribution in [2.45, 2.75) is 63.6 Å². The van der Waals surface area contributed by atoms with E-state index < -0.39 is 0 Å². The van der Waals surface area contributed by atoms with Crippen LogP contribution in [0.4, 0.5) is 0 Å². The predicted octanol–water partition coefficient (Wildman–Crippen LogP) is 2.72. The van der Waals surface area contributed by atoms with Crippen LogP contribution < -0.4 is 10.6 Å². The molecule has 0 radical (unpaired) electrons. The molecule has 2 aliphatic rings. The van der Waals surface area contributed by atoms with Gasteiger partial charge >= 0.3 is 0 Å². The first-order chi connectivity index (χ1) is 9.69. The third-order valence-corrected chi connectivity index (χ3v) is 5.44. The maximum Gasteiger partial charge on any atom is 0.220 e. The van der Waals surface area contributed by atoms with Gasteiger partial charge in [-0.3, -0.25) is 4.79 Å². The van der Waals surface area contributed by atoms with Gasteiger partial charge in [0.25, 0.3) is 0 Å². The van der Waals surface area contributed by atoms with Gasteiger partial charge in [0, 0.05) is 35.8 Å². The average Bonchev–Trinajstić information content (AvgIpc) is 2.99. The Kier molecular flexibility index (Phi) is 4.41. The van der Waals surface area contributed by atoms with Crippen molar-refractivity contribution in [2.24, 2.45) is 5.92 Å². The molecular formula is C16H24N2OS. The van der Waals surface area contributed by atoms with Crippen LogP contribution in [-0.2, 0) is 11.2 Å². The van der Waals surface area contributed by atoms with Crippen molar-refractivity contribution < 1.29 is 4.79 Å². The number of hydrogen-bond acceptors (Lipinski definition) is 3. The predicted molar refractivity (Wildman–Crippen MR) is 82.9 cm³/mol. The van der Waals surface area contributed by atoms with Crippen molar-refractivity contribution in [1.29, 1.82) is 0 Å². The summed E-state index contributed by atoms with van der Waals surface area (Å²) in [6, 6.07) is 5.79. The van der Waals surface area contributed by atoms with Crippen molar-refractivity contribution in [3.8, 4) is 0 Å². The van der Waals surface area contributed by atoms with Gasteiger partial charge in [0.05, 0.1) is 0 Å². The normalized spacial score (nSPS) is 30.1. The molecule has 2 aliphatic heterocycles. The number of amides is 1. The Bertz CT molecular complexity index is 433. The molecule has 2 saturated heterocycles. The van der Waals surface area contributed by atoms with Crippen LogP contribution in [0.1, 0.15) is 43.9 Å². The summed E-state index contributed by atoms with van der Waals surface area (Å²) in [4.78, 5) is 13.5. The summed E-state index contributed by atoms with van der Waals surface area (Å²) in [5.74, 6) is 0.822. The fourth-order valence-corrected chi connectivity index (χ4v) is 4.55. The molecule has 0 aliphatic carbocycles. The lowest BCUT2D eigenvalue weighted by atomic mass is 9.89. The van der Waals surface area contributed by atoms with Crippen molar-refractivity contribution >= 4 is 17.2 Å². The van der Waals surface area contributed by atoms with E-state index in [0.717, 1.165) is 6.42 Å². The number of thiophene rings is 1. The third-order valence-electron chi connectivity index (χ3n) is 4.54. The van der Waals surface area contributed by atoms with E-state index in [9.17, 15) is 4.79 Å². The first-order valence-electron chi connectivity index (χ1n) is 7.77. The van der Waals surface area contributed by atoms with Gasteiger partial charge in [0.1, 0.15) is 0 Å². The van der Waals surface area contributed by atoms with E-state index in [1.807, 2.05) is 0 Å². The maximum absolute atomic E-state index is 12.2. The highest BCUT2D eigenvalue weighted by atomic mass is 32.1. The van der Waals surface area contributed by atoms with Crippen LogP contribution in [0.5, 0.6) is 0 Å². The summed E-state index contributed by atoms with van der Waals surface area (Å²) in [5.41, 5.74) is 0. The topological polar surface area (TPSA) is 41.1 Å². The van der Waals surface area contributed by atoms with Crippen molar-refractivity contribution in [1.82, 2.24) is 10.6 Å². The lowest BCUT2D eigenvalue weighted by Gasteiger charge is -2.29. The first-order valence-corrected chi connectivity index (χ1v) is 8.65. The van der Waals surface area contributed by atoms with E-state index in [4.69, 9.17) is 0 Å². The van der Waals surface area contributed by atoms with Crippen LogP contribution >= 0.6 is 11.3 Å². The SMILES string of the molecule is CC(Cc1cccs1)NC(=O)CC1CC2CCC(C1)N2. The highest BCUT2D eigenvalue weighted by Gasteiger charge is 2.34. The smallest absolute Gasteiger partial charge is 0.220 e. The fraction of sp³-hybridized carbons (Fsp3) is 0.688. The molecule has 2 N–H and O–H groups in total. The minimum atomic E-state index is 0.236. The molecular weight excluding hydrogens is 268 g/mol. The second kappa shape index (κ2) is 6.27. The molecule has 3 nitrogen and oxygen atoms in total. The van der Waals surface area contributed by atoms with Gasteiger partial charge in [-0.25, -0.2) is 0 Å². The zero-order valence-electron chi connectivity index (χ0n) is 12.1. The van der Waals surface area contributed by atoms with Crippen LogP contribution in [-0.4, -0.2) is 24.0 Å². The van der Waals surface area contributed by atoms with E-state index in [1.54, 1.807) is 11.3 Å². The maximum atomic E-state index is 12.2. The van der Waals surface area contributed by atoms with Crippen LogP contribution in [0.3, 0.4) is 0 Å². The molecule has 3 atom stereocenters. The van der Waals surface area contributed by atoms with Gasteiger partial charge in [0.2, 0.25) is 5.91 Å². The number of rotatable bonds is 5. The molecule has 20 heavy (non-hydrogen) atoms. The Labute approximate surface area is 125 Å². The number of hydrogen-bond donors (Lipinski definition) is 2. The van der Waals surface area contributed by atoms with E-state index in [1.165, 1.54) is 30.6 Å². The average molecular weight is 292 g/mol. The van der Waals surface area contributed by atoms with E-state index in [0.29, 0.717) is 24.4 Å². The summed E-state index contributed by atoms with van der Waals surface area (Å²) in [6.45, 7) is 2.10. The number of carbonyl (C=O) groups is 1. The molecule has 3 heterocycles.